The zero-order valence-electron chi connectivity index (χ0n) is 11.0. The van der Waals surface area contributed by atoms with Gasteiger partial charge >= 0.3 is 0 Å². The fourth-order valence-corrected chi connectivity index (χ4v) is 2.75. The lowest BCUT2D eigenvalue weighted by atomic mass is 10.0. The molecule has 0 saturated heterocycles. The van der Waals surface area contributed by atoms with E-state index in [1.54, 1.807) is 0 Å². The van der Waals surface area contributed by atoms with E-state index in [4.69, 9.17) is 10.8 Å². The number of benzene rings is 2. The first-order chi connectivity index (χ1) is 9.70. The molecule has 0 aliphatic heterocycles. The topological polar surface area (TPSA) is 50.9 Å². The number of pyridine rings is 1. The summed E-state index contributed by atoms with van der Waals surface area (Å²) in [7, 11) is 0. The number of nitrogens with two attached hydrogens (primary N) is 1. The Balaban J connectivity index is 2.35. The smallest absolute Gasteiger partial charge is 0.0759 e. The molecule has 3 aromatic rings. The quantitative estimate of drug-likeness (QED) is 0.546. The van der Waals surface area contributed by atoms with Crippen molar-refractivity contribution in [2.24, 2.45) is 5.84 Å². The fraction of sp³-hybridized carbons (Fsp3) is 0.0625. The second-order valence-corrected chi connectivity index (χ2v) is 5.55. The molecule has 0 aliphatic carbocycles. The van der Waals surface area contributed by atoms with Crippen LogP contribution >= 0.6 is 15.9 Å². The average molecular weight is 328 g/mol. The molecule has 0 saturated carbocycles. The molecule has 2 aromatic carbocycles. The normalized spacial score (nSPS) is 10.8. The van der Waals surface area contributed by atoms with E-state index in [1.807, 2.05) is 43.3 Å². The first-order valence-electron chi connectivity index (χ1n) is 6.32. The summed E-state index contributed by atoms with van der Waals surface area (Å²) in [5.74, 6) is 5.72. The summed E-state index contributed by atoms with van der Waals surface area (Å²) < 4.78 is 1.01. The third kappa shape index (κ3) is 2.17. The van der Waals surface area contributed by atoms with Gasteiger partial charge in [-0.3, -0.25) is 5.84 Å². The summed E-state index contributed by atoms with van der Waals surface area (Å²) in [5.41, 5.74) is 7.74. The van der Waals surface area contributed by atoms with Gasteiger partial charge in [-0.05, 0) is 25.1 Å². The van der Waals surface area contributed by atoms with Gasteiger partial charge in [0.05, 0.1) is 16.9 Å². The number of halogens is 1. The molecule has 0 unspecified atom stereocenters. The predicted molar refractivity (Wildman–Crippen MR) is 87.4 cm³/mol. The highest BCUT2D eigenvalue weighted by molar-refractivity contribution is 9.10. The van der Waals surface area contributed by atoms with E-state index in [1.165, 1.54) is 0 Å². The first-order valence-corrected chi connectivity index (χ1v) is 7.12. The van der Waals surface area contributed by atoms with Crippen LogP contribution in [0, 0.1) is 6.92 Å². The van der Waals surface area contributed by atoms with Crippen LogP contribution in [0.2, 0.25) is 0 Å². The number of rotatable bonds is 2. The van der Waals surface area contributed by atoms with Gasteiger partial charge in [0.1, 0.15) is 0 Å². The lowest BCUT2D eigenvalue weighted by Gasteiger charge is -2.14. The first kappa shape index (κ1) is 13.1. The Hall–Kier alpha value is -1.91. The van der Waals surface area contributed by atoms with Crippen LogP contribution in [0.4, 0.5) is 5.69 Å². The Morgan fingerprint density at radius 2 is 1.85 bits per heavy atom. The summed E-state index contributed by atoms with van der Waals surface area (Å²) >= 11 is 3.49. The van der Waals surface area contributed by atoms with Crippen molar-refractivity contribution in [1.29, 1.82) is 0 Å². The third-order valence-corrected chi connectivity index (χ3v) is 3.88. The van der Waals surface area contributed by atoms with Crippen LogP contribution in [0.1, 0.15) is 5.56 Å². The van der Waals surface area contributed by atoms with E-state index < -0.39 is 0 Å². The van der Waals surface area contributed by atoms with E-state index >= 15 is 0 Å². The maximum atomic E-state index is 5.72. The van der Waals surface area contributed by atoms with E-state index in [2.05, 4.69) is 33.5 Å². The van der Waals surface area contributed by atoms with Gasteiger partial charge in [0.2, 0.25) is 0 Å². The predicted octanol–water partition coefficient (Wildman–Crippen LogP) is 4.26. The minimum Gasteiger partial charge on any atom is -0.323 e. The number of nitrogen functional groups attached to an aromatic ring is 1. The van der Waals surface area contributed by atoms with Crippen molar-refractivity contribution in [2.75, 3.05) is 5.43 Å². The average Bonchev–Trinajstić information content (AvgIpc) is 2.48. The van der Waals surface area contributed by atoms with E-state index in [0.717, 1.165) is 37.9 Å². The van der Waals surface area contributed by atoms with Crippen LogP contribution in [0.15, 0.2) is 53.0 Å². The molecule has 3 nitrogen and oxygen atoms in total. The molecule has 20 heavy (non-hydrogen) atoms. The zero-order chi connectivity index (χ0) is 14.1. The Morgan fingerprint density at radius 3 is 2.55 bits per heavy atom. The minimum absolute atomic E-state index is 0.912. The number of hydrogen-bond acceptors (Lipinski definition) is 3. The van der Waals surface area contributed by atoms with Gasteiger partial charge in [-0.15, -0.1) is 0 Å². The largest absolute Gasteiger partial charge is 0.323 e. The molecule has 0 fully saturated rings. The number of hydrogen-bond donors (Lipinski definition) is 2. The highest BCUT2D eigenvalue weighted by Crippen LogP contribution is 2.33. The number of hydrazine groups is 1. The van der Waals surface area contributed by atoms with E-state index in [9.17, 15) is 0 Å². The summed E-state index contributed by atoms with van der Waals surface area (Å²) in [6, 6.07) is 16.1. The number of nitrogens with zero attached hydrogens (tertiary/aromatic N) is 1. The number of anilines is 1. The van der Waals surface area contributed by atoms with Gasteiger partial charge < -0.3 is 5.43 Å². The van der Waals surface area contributed by atoms with Crippen LogP contribution < -0.4 is 11.3 Å². The van der Waals surface area contributed by atoms with Gasteiger partial charge in [0, 0.05) is 21.0 Å². The van der Waals surface area contributed by atoms with Crippen molar-refractivity contribution >= 4 is 32.5 Å². The van der Waals surface area contributed by atoms with Crippen LogP contribution in [-0.4, -0.2) is 4.98 Å². The zero-order valence-corrected chi connectivity index (χ0v) is 12.6. The van der Waals surface area contributed by atoms with Crippen LogP contribution in [0.3, 0.4) is 0 Å². The molecule has 4 heteroatoms. The second-order valence-electron chi connectivity index (χ2n) is 4.63. The Bertz CT molecular complexity index is 770. The highest BCUT2D eigenvalue weighted by atomic mass is 79.9. The maximum absolute atomic E-state index is 5.72. The van der Waals surface area contributed by atoms with Gasteiger partial charge in [-0.2, -0.15) is 0 Å². The molecule has 0 radical (unpaired) electrons. The van der Waals surface area contributed by atoms with Crippen LogP contribution in [0.25, 0.3) is 22.2 Å². The summed E-state index contributed by atoms with van der Waals surface area (Å²) in [4.78, 5) is 4.78. The lowest BCUT2D eigenvalue weighted by Crippen LogP contribution is -2.10. The molecular weight excluding hydrogens is 314 g/mol. The molecule has 0 atom stereocenters. The van der Waals surface area contributed by atoms with E-state index in [0.29, 0.717) is 0 Å². The van der Waals surface area contributed by atoms with Gasteiger partial charge in [0.15, 0.2) is 0 Å². The number of nitrogens with one attached hydrogen (secondary N) is 1. The lowest BCUT2D eigenvalue weighted by molar-refractivity contribution is 1.28. The van der Waals surface area contributed by atoms with Gasteiger partial charge in [0.25, 0.3) is 0 Å². The van der Waals surface area contributed by atoms with Crippen molar-refractivity contribution in [3.63, 3.8) is 0 Å². The molecule has 0 amide bonds. The molecule has 0 bridgehead atoms. The highest BCUT2D eigenvalue weighted by Gasteiger charge is 2.12. The van der Waals surface area contributed by atoms with Crippen molar-refractivity contribution < 1.29 is 0 Å². The van der Waals surface area contributed by atoms with Gasteiger partial charge in [-0.1, -0.05) is 46.3 Å². The molecule has 1 heterocycles. The molecule has 0 aliphatic rings. The van der Waals surface area contributed by atoms with Crippen LogP contribution in [0.5, 0.6) is 0 Å². The standard InChI is InChI=1S/C16H14BrN3/c1-10-15(11-5-3-2-4-6-11)19-14-8-7-12(17)9-13(14)16(10)20-18/h2-9H,18H2,1H3,(H,19,20). The molecule has 0 spiro atoms. The monoisotopic (exact) mass is 327 g/mol. The number of fused-ring (bicyclic) bond motifs is 1. The van der Waals surface area contributed by atoms with Gasteiger partial charge in [-0.25, -0.2) is 4.98 Å². The molecular formula is C16H14BrN3. The molecule has 3 rings (SSSR count). The Morgan fingerprint density at radius 1 is 1.10 bits per heavy atom. The maximum Gasteiger partial charge on any atom is 0.0759 e. The third-order valence-electron chi connectivity index (χ3n) is 3.38. The molecule has 1 aromatic heterocycles. The van der Waals surface area contributed by atoms with Crippen molar-refractivity contribution in [1.82, 2.24) is 4.98 Å². The second kappa shape index (κ2) is 5.23. The van der Waals surface area contributed by atoms with Crippen LogP contribution in [-0.2, 0) is 0 Å². The fourth-order valence-electron chi connectivity index (χ4n) is 2.39. The van der Waals surface area contributed by atoms with Crippen molar-refractivity contribution in [2.45, 2.75) is 6.92 Å². The summed E-state index contributed by atoms with van der Waals surface area (Å²) in [5, 5.41) is 1.01. The SMILES string of the molecule is Cc1c(-c2ccccc2)nc2ccc(Br)cc2c1NN. The number of aromatic nitrogens is 1. The molecule has 100 valence electrons. The summed E-state index contributed by atoms with van der Waals surface area (Å²) in [6.07, 6.45) is 0. The molecule has 3 N–H and O–H groups in total. The van der Waals surface area contributed by atoms with Crippen molar-refractivity contribution in [3.8, 4) is 11.3 Å². The summed E-state index contributed by atoms with van der Waals surface area (Å²) in [6.45, 7) is 2.03. The Kier molecular flexibility index (Phi) is 3.42. The minimum atomic E-state index is 0.912. The Labute approximate surface area is 125 Å². The van der Waals surface area contributed by atoms with Crippen molar-refractivity contribution in [3.05, 3.63) is 58.6 Å². The van der Waals surface area contributed by atoms with E-state index in [-0.39, 0.29) is 0 Å².